The van der Waals surface area contributed by atoms with E-state index >= 15 is 0 Å². The molecule has 0 unspecified atom stereocenters. The Bertz CT molecular complexity index is 441. The minimum Gasteiger partial charge on any atom is -0.508 e. The molecule has 1 aliphatic rings. The Labute approximate surface area is 119 Å². The molecule has 1 heterocycles. The molecule has 0 saturated carbocycles. The van der Waals surface area contributed by atoms with Gasteiger partial charge in [0.05, 0.1) is 6.04 Å². The van der Waals surface area contributed by atoms with Crippen LogP contribution in [0.5, 0.6) is 5.75 Å². The first-order valence-corrected chi connectivity index (χ1v) is 7.02. The van der Waals surface area contributed by atoms with Gasteiger partial charge in [0.1, 0.15) is 11.9 Å². The lowest BCUT2D eigenvalue weighted by atomic mass is 10.0. The molecule has 0 bridgehead atoms. The first-order valence-electron chi connectivity index (χ1n) is 7.02. The van der Waals surface area contributed by atoms with Gasteiger partial charge in [-0.1, -0.05) is 12.1 Å². The number of aromatic hydroxyl groups is 1. The Morgan fingerprint density at radius 1 is 1.30 bits per heavy atom. The van der Waals surface area contributed by atoms with Crippen molar-refractivity contribution < 1.29 is 15.0 Å². The van der Waals surface area contributed by atoms with Crippen molar-refractivity contribution in [1.82, 2.24) is 10.2 Å². The van der Waals surface area contributed by atoms with Crippen molar-refractivity contribution in [2.45, 2.75) is 31.9 Å². The molecule has 5 heteroatoms. The van der Waals surface area contributed by atoms with Crippen LogP contribution in [0, 0.1) is 0 Å². The van der Waals surface area contributed by atoms with Crippen molar-refractivity contribution in [2.75, 3.05) is 19.6 Å². The number of carbonyl (C=O) groups excluding carboxylic acids is 1. The molecule has 3 N–H and O–H groups in total. The maximum atomic E-state index is 11.3. The molecule has 0 aliphatic carbocycles. The fraction of sp³-hybridized carbons (Fsp3) is 0.533. The Morgan fingerprint density at radius 3 is 2.45 bits per heavy atom. The Balaban J connectivity index is 2.07. The van der Waals surface area contributed by atoms with Crippen molar-refractivity contribution >= 4 is 5.91 Å². The third-order valence-electron chi connectivity index (χ3n) is 3.66. The number of aliphatic hydroxyl groups excluding tert-OH is 1. The number of amides is 1. The average Bonchev–Trinajstić information content (AvgIpc) is 2.90. The summed E-state index contributed by atoms with van der Waals surface area (Å²) in [6, 6.07) is 6.10. The monoisotopic (exact) mass is 278 g/mol. The van der Waals surface area contributed by atoms with Gasteiger partial charge in [-0.25, -0.2) is 0 Å². The molecule has 2 atom stereocenters. The number of carbonyl (C=O) groups is 1. The molecule has 1 aromatic carbocycles. The second-order valence-electron chi connectivity index (χ2n) is 5.35. The zero-order valence-electron chi connectivity index (χ0n) is 11.7. The minimum absolute atomic E-state index is 0.146. The Hall–Kier alpha value is -1.59. The maximum absolute atomic E-state index is 11.3. The lowest BCUT2D eigenvalue weighted by molar-refractivity contribution is -0.120. The largest absolute Gasteiger partial charge is 0.508 e. The number of aliphatic hydroxyl groups is 1. The van der Waals surface area contributed by atoms with Crippen molar-refractivity contribution in [3.05, 3.63) is 29.8 Å². The number of benzene rings is 1. The van der Waals surface area contributed by atoms with E-state index in [4.69, 9.17) is 0 Å². The summed E-state index contributed by atoms with van der Waals surface area (Å²) in [7, 11) is 0. The predicted octanol–water partition coefficient (Wildman–Crippen LogP) is 1.03. The third-order valence-corrected chi connectivity index (χ3v) is 3.66. The number of nitrogens with one attached hydrogen (secondary N) is 1. The number of phenols is 1. The molecule has 0 spiro atoms. The van der Waals surface area contributed by atoms with Crippen LogP contribution >= 0.6 is 0 Å². The van der Waals surface area contributed by atoms with E-state index in [1.54, 1.807) is 24.3 Å². The number of nitrogens with zero attached hydrogens (tertiary/aromatic N) is 1. The average molecular weight is 278 g/mol. The van der Waals surface area contributed by atoms with E-state index in [2.05, 4.69) is 10.2 Å². The highest BCUT2D eigenvalue weighted by Crippen LogP contribution is 2.21. The van der Waals surface area contributed by atoms with Crippen LogP contribution in [-0.2, 0) is 4.79 Å². The van der Waals surface area contributed by atoms with E-state index in [0.29, 0.717) is 12.1 Å². The van der Waals surface area contributed by atoms with Gasteiger partial charge < -0.3 is 20.4 Å². The predicted molar refractivity (Wildman–Crippen MR) is 76.3 cm³/mol. The minimum atomic E-state index is -0.778. The fourth-order valence-electron chi connectivity index (χ4n) is 2.63. The maximum Gasteiger partial charge on any atom is 0.217 e. The topological polar surface area (TPSA) is 72.8 Å². The molecular weight excluding hydrogens is 256 g/mol. The van der Waals surface area contributed by atoms with Crippen LogP contribution in [0.15, 0.2) is 24.3 Å². The van der Waals surface area contributed by atoms with Gasteiger partial charge in [-0.2, -0.15) is 0 Å². The van der Waals surface area contributed by atoms with E-state index in [0.717, 1.165) is 13.1 Å². The van der Waals surface area contributed by atoms with Gasteiger partial charge in [0.25, 0.3) is 0 Å². The van der Waals surface area contributed by atoms with E-state index in [-0.39, 0.29) is 17.7 Å². The van der Waals surface area contributed by atoms with Crippen LogP contribution < -0.4 is 5.32 Å². The summed E-state index contributed by atoms with van der Waals surface area (Å²) in [5.41, 5.74) is 0.695. The van der Waals surface area contributed by atoms with Crippen LogP contribution in [0.1, 0.15) is 31.4 Å². The molecule has 1 amide bonds. The second-order valence-corrected chi connectivity index (χ2v) is 5.35. The highest BCUT2D eigenvalue weighted by molar-refractivity contribution is 5.73. The van der Waals surface area contributed by atoms with Crippen LogP contribution in [0.25, 0.3) is 0 Å². The molecule has 2 rings (SSSR count). The van der Waals surface area contributed by atoms with Gasteiger partial charge in [-0.15, -0.1) is 0 Å². The van der Waals surface area contributed by atoms with Gasteiger partial charge in [0.2, 0.25) is 5.91 Å². The van der Waals surface area contributed by atoms with Crippen LogP contribution in [0.3, 0.4) is 0 Å². The molecule has 1 saturated heterocycles. The highest BCUT2D eigenvalue weighted by Gasteiger charge is 2.25. The molecule has 1 aliphatic heterocycles. The molecular formula is C15H22N2O3. The van der Waals surface area contributed by atoms with Crippen LogP contribution in [0.2, 0.25) is 0 Å². The van der Waals surface area contributed by atoms with E-state index in [1.165, 1.54) is 19.8 Å². The summed E-state index contributed by atoms with van der Waals surface area (Å²) in [5, 5.41) is 22.6. The number of phenolic OH excluding ortho intramolecular Hbond substituents is 1. The first-order chi connectivity index (χ1) is 9.56. The number of rotatable bonds is 5. The SMILES string of the molecule is CC(=O)N[C@H](CN1CCCC1)[C@H](O)c1ccc(O)cc1. The molecule has 5 nitrogen and oxygen atoms in total. The molecule has 0 aromatic heterocycles. The number of hydrogen-bond acceptors (Lipinski definition) is 4. The molecule has 1 aromatic rings. The lowest BCUT2D eigenvalue weighted by Crippen LogP contribution is -2.45. The number of hydrogen-bond donors (Lipinski definition) is 3. The quantitative estimate of drug-likeness (QED) is 0.752. The van der Waals surface area contributed by atoms with Gasteiger partial charge in [-0.05, 0) is 43.6 Å². The third kappa shape index (κ3) is 3.95. The van der Waals surface area contributed by atoms with Gasteiger partial charge in [0, 0.05) is 13.5 Å². The first kappa shape index (κ1) is 14.8. The molecule has 1 fully saturated rings. The van der Waals surface area contributed by atoms with Gasteiger partial charge >= 0.3 is 0 Å². The standard InChI is InChI=1S/C15H22N2O3/c1-11(18)16-14(10-17-8-2-3-9-17)15(20)12-4-6-13(19)7-5-12/h4-7,14-15,19-20H,2-3,8-10H2,1H3,(H,16,18)/t14-,15-/m1/s1. The van der Waals surface area contributed by atoms with Gasteiger partial charge in [0.15, 0.2) is 0 Å². The van der Waals surface area contributed by atoms with Crippen molar-refractivity contribution in [2.24, 2.45) is 0 Å². The lowest BCUT2D eigenvalue weighted by Gasteiger charge is -2.28. The number of likely N-dealkylation sites (tertiary alicyclic amines) is 1. The van der Waals surface area contributed by atoms with Gasteiger partial charge in [-0.3, -0.25) is 4.79 Å². The summed E-state index contributed by atoms with van der Waals surface area (Å²) >= 11 is 0. The summed E-state index contributed by atoms with van der Waals surface area (Å²) in [6.07, 6.45) is 1.56. The normalized spacial score (nSPS) is 18.7. The summed E-state index contributed by atoms with van der Waals surface area (Å²) < 4.78 is 0. The van der Waals surface area contributed by atoms with Crippen LogP contribution in [0.4, 0.5) is 0 Å². The zero-order valence-corrected chi connectivity index (χ0v) is 11.7. The second kappa shape index (κ2) is 6.72. The van der Waals surface area contributed by atoms with E-state index in [9.17, 15) is 15.0 Å². The van der Waals surface area contributed by atoms with Crippen molar-refractivity contribution in [3.63, 3.8) is 0 Å². The summed E-state index contributed by atoms with van der Waals surface area (Å²) in [5.74, 6) is 0.0172. The Morgan fingerprint density at radius 2 is 1.90 bits per heavy atom. The fourth-order valence-corrected chi connectivity index (χ4v) is 2.63. The molecule has 20 heavy (non-hydrogen) atoms. The summed E-state index contributed by atoms with van der Waals surface area (Å²) in [4.78, 5) is 13.6. The van der Waals surface area contributed by atoms with E-state index in [1.807, 2.05) is 0 Å². The Kier molecular flexibility index (Phi) is 4.98. The van der Waals surface area contributed by atoms with Crippen molar-refractivity contribution in [3.8, 4) is 5.75 Å². The highest BCUT2D eigenvalue weighted by atomic mass is 16.3. The smallest absolute Gasteiger partial charge is 0.217 e. The molecule has 0 radical (unpaired) electrons. The van der Waals surface area contributed by atoms with E-state index < -0.39 is 6.10 Å². The zero-order chi connectivity index (χ0) is 14.5. The summed E-state index contributed by atoms with van der Waals surface area (Å²) in [6.45, 7) is 4.12. The van der Waals surface area contributed by atoms with Crippen molar-refractivity contribution in [1.29, 1.82) is 0 Å². The molecule has 110 valence electrons. The van der Waals surface area contributed by atoms with Crippen LogP contribution in [-0.4, -0.2) is 46.7 Å².